The third-order valence-electron chi connectivity index (χ3n) is 21.8. The summed E-state index contributed by atoms with van der Waals surface area (Å²) in [4.78, 5) is 95.6. The number of hydrogen-bond donors (Lipinski definition) is 3. The minimum absolute atomic E-state index is 0.00161. The molecule has 2 aliphatic heterocycles. The summed E-state index contributed by atoms with van der Waals surface area (Å²) >= 11 is 0. The number of Topliss-reactive ketones (excluding diaryl/α,β-unsaturated/α-hetero) is 4. The van der Waals surface area contributed by atoms with Crippen LogP contribution in [0.1, 0.15) is 142 Å². The SMILES string of the molecule is CCCCOCCOCCOCCn1nnc2c1-c1ccccc1N(C(=O)CCC(=O)CCCOCCOCCOCCOCCC(=O)C[C@H](C(=O)N[C@@H](C)C(=O)Cc1ccc([C@H]3O[C@H]4C[C@@H]5[C@H]6CCC7=CC(=O)C=C[C@@]7(C)[C@@H]6[C@H](O)C[C@@]5(C)[C@@]4(C(=O)CO)O3)cc1)C(C)C)Cc1ccccc1-2. The van der Waals surface area contributed by atoms with Crippen LogP contribution in [0.4, 0.5) is 5.69 Å². The van der Waals surface area contributed by atoms with E-state index in [1.54, 1.807) is 48.2 Å². The Labute approximate surface area is 599 Å². The van der Waals surface area contributed by atoms with Crippen molar-refractivity contribution in [2.45, 2.75) is 168 Å². The summed E-state index contributed by atoms with van der Waals surface area (Å²) in [6.07, 6.45) is 8.34. The van der Waals surface area contributed by atoms with E-state index < -0.39 is 59.3 Å². The number of ketones is 5. The molecule has 0 bridgehead atoms. The van der Waals surface area contributed by atoms with E-state index in [0.29, 0.717) is 116 Å². The fraction of sp³-hybridized carbons (Fsp3) is 0.608. The summed E-state index contributed by atoms with van der Waals surface area (Å²) < 4.78 is 55.0. The number of rotatable bonds is 42. The predicted molar refractivity (Wildman–Crippen MR) is 378 cm³/mol. The molecule has 11 atom stereocenters. The number of ether oxygens (including phenoxy) is 9. The normalized spacial score (nSPS) is 24.5. The molecule has 3 saturated carbocycles. The van der Waals surface area contributed by atoms with Crippen molar-refractivity contribution in [3.05, 3.63) is 113 Å². The highest BCUT2D eigenvalue weighted by atomic mass is 16.7. The molecule has 0 spiro atoms. The number of aliphatic hydroxyl groups is 2. The van der Waals surface area contributed by atoms with E-state index in [4.69, 9.17) is 42.6 Å². The number of aromatic nitrogens is 3. The van der Waals surface area contributed by atoms with Crippen LogP contribution >= 0.6 is 0 Å². The van der Waals surface area contributed by atoms with Gasteiger partial charge in [0.25, 0.3) is 0 Å². The lowest BCUT2D eigenvalue weighted by atomic mass is 9.46. The molecule has 3 aromatic carbocycles. The second kappa shape index (κ2) is 36.7. The third-order valence-corrected chi connectivity index (χ3v) is 21.8. The second-order valence-corrected chi connectivity index (χ2v) is 28.7. The number of nitrogens with one attached hydrogen (secondary N) is 1. The number of anilines is 1. The van der Waals surface area contributed by atoms with Crippen LogP contribution in [-0.2, 0) is 95.7 Å². The lowest BCUT2D eigenvalue weighted by Gasteiger charge is -2.59. The highest BCUT2D eigenvalue weighted by Gasteiger charge is 2.76. The molecule has 0 radical (unpaired) electrons. The van der Waals surface area contributed by atoms with Gasteiger partial charge in [-0.2, -0.15) is 0 Å². The molecule has 3 N–H and O–H groups in total. The summed E-state index contributed by atoms with van der Waals surface area (Å²) in [5.41, 5.74) is 4.39. The van der Waals surface area contributed by atoms with E-state index in [1.165, 1.54) is 0 Å². The predicted octanol–water partition coefficient (Wildman–Crippen LogP) is 9.05. The van der Waals surface area contributed by atoms with Crippen LogP contribution in [-0.4, -0.2) is 189 Å². The van der Waals surface area contributed by atoms with Crippen LogP contribution in [0, 0.1) is 40.4 Å². The van der Waals surface area contributed by atoms with Gasteiger partial charge in [-0.25, -0.2) is 4.68 Å². The quantitative estimate of drug-likeness (QED) is 0.0349. The molecule has 4 aromatic rings. The minimum Gasteiger partial charge on any atom is -0.393 e. The summed E-state index contributed by atoms with van der Waals surface area (Å²) in [6, 6.07) is 21.9. The summed E-state index contributed by atoms with van der Waals surface area (Å²) in [5, 5.41) is 34.5. The smallest absolute Gasteiger partial charge is 0.227 e. The van der Waals surface area contributed by atoms with Crippen LogP contribution in [0.15, 0.2) is 96.6 Å². The van der Waals surface area contributed by atoms with Gasteiger partial charge in [0.15, 0.2) is 29.2 Å². The number of hydrogen-bond acceptors (Lipinski definition) is 20. The highest BCUT2D eigenvalue weighted by molar-refractivity contribution is 6.02. The summed E-state index contributed by atoms with van der Waals surface area (Å²) in [7, 11) is 0. The van der Waals surface area contributed by atoms with E-state index in [9.17, 15) is 43.8 Å². The largest absolute Gasteiger partial charge is 0.393 e. The fourth-order valence-corrected chi connectivity index (χ4v) is 16.3. The number of carbonyl (C=O) groups excluding carboxylic acids is 7. The minimum atomic E-state index is -1.50. The van der Waals surface area contributed by atoms with Gasteiger partial charge in [-0.05, 0) is 92.5 Å². The molecule has 4 fully saturated rings. The van der Waals surface area contributed by atoms with Gasteiger partial charge in [0, 0.05) is 91.1 Å². The van der Waals surface area contributed by atoms with Crippen LogP contribution in [0.3, 0.4) is 0 Å². The van der Waals surface area contributed by atoms with Crippen molar-refractivity contribution in [1.29, 1.82) is 0 Å². The monoisotopic (exact) mass is 1410 g/mol. The van der Waals surface area contributed by atoms with E-state index in [1.807, 2.05) is 80.1 Å². The van der Waals surface area contributed by atoms with Crippen molar-refractivity contribution in [2.24, 2.45) is 40.4 Å². The Hall–Kier alpha value is -6.87. The molecular weight excluding hydrogens is 1310 g/mol. The number of unbranched alkanes of at least 4 members (excludes halogenated alkanes) is 1. The first kappa shape index (κ1) is 77.7. The second-order valence-electron chi connectivity index (χ2n) is 28.7. The standard InChI is InChI=1S/C79H105N5O18/c1-7-8-31-94-35-39-98-42-38-97-34-30-84-74-63-17-11-12-18-66(63)83(50-56-14-9-10-16-61(56)73(74)81-82-84)71(92)26-24-58(86)15-13-32-95-36-40-99-43-44-100-41-37-96-33-28-60(88)47-64(52(2)3)75(93)80-53(4)67(89)45-54-19-21-55(22-20-54)76-101-70-48-65-62-25-23-57-46-59(87)27-29-77(57,5)72(62)68(90)49-78(65,6)79(70,102-76)69(91)51-85/h9-12,14,16-22,27,29,46,52-53,62,64-65,68,70,72,76,85,90H,7-8,13,15,23-26,28,30-45,47-51H2,1-6H3,(H,80,93)/t53-,62+,64-,65+,68+,70-,72-,76-,77+,78+,79-/m0/s1. The summed E-state index contributed by atoms with van der Waals surface area (Å²) in [6.45, 7) is 17.1. The molecule has 4 aliphatic carbocycles. The number of benzene rings is 3. The number of aliphatic hydroxyl groups excluding tert-OH is 2. The van der Waals surface area contributed by atoms with E-state index in [0.717, 1.165) is 65.2 Å². The number of fused-ring (bicyclic) bond motifs is 12. The first-order chi connectivity index (χ1) is 49.3. The van der Waals surface area contributed by atoms with Crippen LogP contribution in [0.5, 0.6) is 0 Å². The van der Waals surface area contributed by atoms with Crippen molar-refractivity contribution >= 4 is 46.4 Å². The molecule has 554 valence electrons. The maximum atomic E-state index is 14.1. The Balaban J connectivity index is 0.561. The molecule has 6 aliphatic rings. The molecular formula is C79H105N5O18. The first-order valence-electron chi connectivity index (χ1n) is 36.8. The molecule has 102 heavy (non-hydrogen) atoms. The Morgan fingerprint density at radius 3 is 2.05 bits per heavy atom. The van der Waals surface area contributed by atoms with Crippen molar-refractivity contribution in [3.63, 3.8) is 0 Å². The van der Waals surface area contributed by atoms with Gasteiger partial charge < -0.3 is 63.1 Å². The average Bonchev–Trinajstić information content (AvgIpc) is 1.49. The van der Waals surface area contributed by atoms with Crippen LogP contribution < -0.4 is 10.2 Å². The van der Waals surface area contributed by atoms with Crippen molar-refractivity contribution in [3.8, 4) is 22.5 Å². The Kier molecular flexibility index (Phi) is 28.0. The van der Waals surface area contributed by atoms with Gasteiger partial charge >= 0.3 is 0 Å². The van der Waals surface area contributed by atoms with Crippen molar-refractivity contribution in [2.75, 3.05) is 104 Å². The van der Waals surface area contributed by atoms with Crippen LogP contribution in [0.2, 0.25) is 0 Å². The zero-order valence-electron chi connectivity index (χ0n) is 60.3. The Morgan fingerprint density at radius 1 is 0.735 bits per heavy atom. The average molecular weight is 1410 g/mol. The number of amides is 2. The molecule has 3 heterocycles. The first-order valence-corrected chi connectivity index (χ1v) is 36.8. The zero-order valence-corrected chi connectivity index (χ0v) is 60.3. The Bertz CT molecular complexity index is 3590. The maximum Gasteiger partial charge on any atom is 0.227 e. The van der Waals surface area contributed by atoms with Gasteiger partial charge in [-0.15, -0.1) is 5.10 Å². The Morgan fingerprint density at radius 2 is 1.37 bits per heavy atom. The molecule has 1 aromatic heterocycles. The van der Waals surface area contributed by atoms with Gasteiger partial charge in [0.2, 0.25) is 11.8 Å². The number of nitrogens with zero attached hydrogens (tertiary/aromatic N) is 4. The lowest BCUT2D eigenvalue weighted by molar-refractivity contribution is -0.201. The lowest BCUT2D eigenvalue weighted by Crippen LogP contribution is -2.63. The molecule has 23 nitrogen and oxygen atoms in total. The van der Waals surface area contributed by atoms with Crippen LogP contribution in [0.25, 0.3) is 22.5 Å². The zero-order chi connectivity index (χ0) is 72.4. The van der Waals surface area contributed by atoms with Crippen molar-refractivity contribution < 1.29 is 86.4 Å². The highest BCUT2D eigenvalue weighted by Crippen LogP contribution is 2.70. The van der Waals surface area contributed by atoms with E-state index in [-0.39, 0.29) is 117 Å². The molecule has 10 rings (SSSR count). The molecule has 1 saturated heterocycles. The van der Waals surface area contributed by atoms with E-state index in [2.05, 4.69) is 29.5 Å². The number of para-hydroxylation sites is 1. The summed E-state index contributed by atoms with van der Waals surface area (Å²) in [5.74, 6) is -2.41. The fourth-order valence-electron chi connectivity index (χ4n) is 16.3. The van der Waals surface area contributed by atoms with Gasteiger partial charge in [0.05, 0.1) is 122 Å². The van der Waals surface area contributed by atoms with Gasteiger partial charge in [-0.1, -0.05) is 125 Å². The number of allylic oxidation sites excluding steroid dienone is 4. The van der Waals surface area contributed by atoms with Gasteiger partial charge in [0.1, 0.15) is 23.9 Å². The topological polar surface area (TPSA) is 289 Å². The third kappa shape index (κ3) is 18.2. The molecule has 2 amide bonds. The molecule has 0 unspecified atom stereocenters. The number of carbonyl (C=O) groups is 7. The maximum absolute atomic E-state index is 14.1. The molecule has 23 heteroatoms. The van der Waals surface area contributed by atoms with Gasteiger partial charge in [-0.3, -0.25) is 33.6 Å². The van der Waals surface area contributed by atoms with Crippen molar-refractivity contribution in [1.82, 2.24) is 20.3 Å². The van der Waals surface area contributed by atoms with E-state index >= 15 is 0 Å².